The Morgan fingerprint density at radius 3 is 2.68 bits per heavy atom. The van der Waals surface area contributed by atoms with Gasteiger partial charge in [-0.2, -0.15) is 5.10 Å². The smallest absolute Gasteiger partial charge is 0.271 e. The van der Waals surface area contributed by atoms with Gasteiger partial charge >= 0.3 is 0 Å². The van der Waals surface area contributed by atoms with E-state index in [1.165, 1.54) is 6.21 Å². The summed E-state index contributed by atoms with van der Waals surface area (Å²) in [6.45, 7) is 3.99. The summed E-state index contributed by atoms with van der Waals surface area (Å²) >= 11 is 6.30. The van der Waals surface area contributed by atoms with E-state index in [-0.39, 0.29) is 12.0 Å². The SMILES string of the molecule is CCC(C)Oc1c(Cl)cc(C=NNC(=O)c2ccccc2)cc1OC. The summed E-state index contributed by atoms with van der Waals surface area (Å²) in [5, 5.41) is 4.39. The van der Waals surface area contributed by atoms with Gasteiger partial charge in [-0.3, -0.25) is 4.79 Å². The van der Waals surface area contributed by atoms with Crippen molar-refractivity contribution >= 4 is 23.7 Å². The zero-order valence-corrected chi connectivity index (χ0v) is 15.2. The van der Waals surface area contributed by atoms with Crippen molar-refractivity contribution in [2.75, 3.05) is 7.11 Å². The maximum absolute atomic E-state index is 11.9. The molecule has 0 spiro atoms. The van der Waals surface area contributed by atoms with E-state index in [2.05, 4.69) is 10.5 Å². The predicted octanol–water partition coefficient (Wildman–Crippen LogP) is 4.29. The van der Waals surface area contributed by atoms with E-state index < -0.39 is 0 Å². The van der Waals surface area contributed by atoms with Crippen molar-refractivity contribution in [1.82, 2.24) is 5.43 Å². The van der Waals surface area contributed by atoms with Crippen molar-refractivity contribution in [3.05, 3.63) is 58.6 Å². The summed E-state index contributed by atoms with van der Waals surface area (Å²) in [6.07, 6.45) is 2.38. The van der Waals surface area contributed by atoms with E-state index in [0.29, 0.717) is 27.6 Å². The van der Waals surface area contributed by atoms with Gasteiger partial charge in [0.25, 0.3) is 5.91 Å². The Morgan fingerprint density at radius 2 is 2.04 bits per heavy atom. The van der Waals surface area contributed by atoms with Crippen molar-refractivity contribution < 1.29 is 14.3 Å². The molecule has 0 aliphatic heterocycles. The van der Waals surface area contributed by atoms with Crippen LogP contribution in [0.25, 0.3) is 0 Å². The first kappa shape index (κ1) is 18.8. The molecule has 1 amide bonds. The van der Waals surface area contributed by atoms with Gasteiger partial charge in [0.1, 0.15) is 0 Å². The Kier molecular flexibility index (Phi) is 6.83. The topological polar surface area (TPSA) is 59.9 Å². The zero-order valence-electron chi connectivity index (χ0n) is 14.5. The molecule has 1 atom stereocenters. The summed E-state index contributed by atoms with van der Waals surface area (Å²) in [5.41, 5.74) is 3.70. The predicted molar refractivity (Wildman–Crippen MR) is 99.9 cm³/mol. The third-order valence-corrected chi connectivity index (χ3v) is 3.84. The zero-order chi connectivity index (χ0) is 18.2. The van der Waals surface area contributed by atoms with E-state index in [0.717, 1.165) is 6.42 Å². The number of nitrogens with zero attached hydrogens (tertiary/aromatic N) is 1. The van der Waals surface area contributed by atoms with E-state index in [1.54, 1.807) is 43.5 Å². The maximum atomic E-state index is 11.9. The van der Waals surface area contributed by atoms with Crippen LogP contribution in [0, 0.1) is 0 Å². The average molecular weight is 361 g/mol. The Morgan fingerprint density at radius 1 is 1.32 bits per heavy atom. The van der Waals surface area contributed by atoms with Gasteiger partial charge in [0.15, 0.2) is 11.5 Å². The van der Waals surface area contributed by atoms with Gasteiger partial charge in [0.05, 0.1) is 24.5 Å². The summed E-state index contributed by atoms with van der Waals surface area (Å²) in [7, 11) is 1.55. The van der Waals surface area contributed by atoms with Crippen molar-refractivity contribution in [2.24, 2.45) is 5.10 Å². The van der Waals surface area contributed by atoms with Crippen LogP contribution in [0.3, 0.4) is 0 Å². The lowest BCUT2D eigenvalue weighted by Crippen LogP contribution is -2.17. The minimum absolute atomic E-state index is 0.0241. The Bertz CT molecular complexity index is 748. The summed E-state index contributed by atoms with van der Waals surface area (Å²) in [5.74, 6) is 0.735. The number of carbonyl (C=O) groups excluding carboxylic acids is 1. The Balaban J connectivity index is 2.12. The van der Waals surface area contributed by atoms with Crippen LogP contribution in [0.1, 0.15) is 36.2 Å². The number of nitrogens with one attached hydrogen (secondary N) is 1. The molecular formula is C19H21ClN2O3. The van der Waals surface area contributed by atoms with Crippen molar-refractivity contribution in [3.63, 3.8) is 0 Å². The van der Waals surface area contributed by atoms with Gasteiger partial charge in [-0.15, -0.1) is 0 Å². The summed E-state index contributed by atoms with van der Waals surface area (Å²) < 4.78 is 11.2. The van der Waals surface area contributed by atoms with E-state index in [4.69, 9.17) is 21.1 Å². The number of ether oxygens (including phenoxy) is 2. The van der Waals surface area contributed by atoms with Crippen LogP contribution in [0.5, 0.6) is 11.5 Å². The number of amides is 1. The second-order valence-electron chi connectivity index (χ2n) is 5.44. The molecular weight excluding hydrogens is 340 g/mol. The highest BCUT2D eigenvalue weighted by atomic mass is 35.5. The molecule has 1 N–H and O–H groups in total. The van der Waals surface area contributed by atoms with Crippen molar-refractivity contribution in [1.29, 1.82) is 0 Å². The minimum atomic E-state index is -0.286. The lowest BCUT2D eigenvalue weighted by molar-refractivity contribution is 0.0955. The fraction of sp³-hybridized carbons (Fsp3) is 0.263. The number of benzene rings is 2. The molecule has 6 heteroatoms. The summed E-state index contributed by atoms with van der Waals surface area (Å²) in [6, 6.07) is 12.3. The molecule has 2 aromatic rings. The van der Waals surface area contributed by atoms with Gasteiger partial charge in [0.2, 0.25) is 0 Å². The van der Waals surface area contributed by atoms with E-state index in [1.807, 2.05) is 19.9 Å². The Labute approximate surface area is 152 Å². The first-order chi connectivity index (χ1) is 12.0. The number of carbonyl (C=O) groups is 1. The first-order valence-electron chi connectivity index (χ1n) is 7.97. The van der Waals surface area contributed by atoms with Crippen molar-refractivity contribution in [2.45, 2.75) is 26.4 Å². The van der Waals surface area contributed by atoms with Crippen molar-refractivity contribution in [3.8, 4) is 11.5 Å². The van der Waals surface area contributed by atoms with Gasteiger partial charge in [-0.05, 0) is 43.2 Å². The number of rotatable bonds is 7. The number of hydrogen-bond acceptors (Lipinski definition) is 4. The molecule has 0 saturated carbocycles. The highest BCUT2D eigenvalue weighted by Gasteiger charge is 2.14. The molecule has 0 radical (unpaired) electrons. The maximum Gasteiger partial charge on any atom is 0.271 e. The molecule has 25 heavy (non-hydrogen) atoms. The number of methoxy groups -OCH3 is 1. The van der Waals surface area contributed by atoms with Gasteiger partial charge in [-0.1, -0.05) is 36.7 Å². The molecule has 0 saturated heterocycles. The van der Waals surface area contributed by atoms with E-state index >= 15 is 0 Å². The van der Waals surface area contributed by atoms with Crippen LogP contribution in [0.15, 0.2) is 47.6 Å². The molecule has 0 bridgehead atoms. The third kappa shape index (κ3) is 5.22. The van der Waals surface area contributed by atoms with Crippen LogP contribution in [-0.4, -0.2) is 25.3 Å². The quantitative estimate of drug-likeness (QED) is 0.592. The minimum Gasteiger partial charge on any atom is -0.493 e. The molecule has 132 valence electrons. The molecule has 0 fully saturated rings. The second-order valence-corrected chi connectivity index (χ2v) is 5.84. The van der Waals surface area contributed by atoms with Crippen LogP contribution in [-0.2, 0) is 0 Å². The average Bonchev–Trinajstić information content (AvgIpc) is 2.63. The fourth-order valence-electron chi connectivity index (χ4n) is 2.03. The highest BCUT2D eigenvalue weighted by Crippen LogP contribution is 2.37. The van der Waals surface area contributed by atoms with Crippen LogP contribution < -0.4 is 14.9 Å². The lowest BCUT2D eigenvalue weighted by Gasteiger charge is -2.17. The van der Waals surface area contributed by atoms with Gasteiger partial charge in [-0.25, -0.2) is 5.43 Å². The first-order valence-corrected chi connectivity index (χ1v) is 8.35. The standard InChI is InChI=1S/C19H21ClN2O3/c1-4-13(2)25-18-16(20)10-14(11-17(18)24-3)12-21-22-19(23)15-8-6-5-7-9-15/h5-13H,4H2,1-3H3,(H,22,23). The molecule has 5 nitrogen and oxygen atoms in total. The monoisotopic (exact) mass is 360 g/mol. The van der Waals surface area contributed by atoms with Gasteiger partial charge < -0.3 is 9.47 Å². The van der Waals surface area contributed by atoms with Crippen LogP contribution in [0.2, 0.25) is 5.02 Å². The molecule has 2 aromatic carbocycles. The third-order valence-electron chi connectivity index (χ3n) is 3.56. The summed E-state index contributed by atoms with van der Waals surface area (Å²) in [4.78, 5) is 11.9. The fourth-order valence-corrected chi connectivity index (χ4v) is 2.30. The number of halogens is 1. The Hall–Kier alpha value is -2.53. The largest absolute Gasteiger partial charge is 0.493 e. The second kappa shape index (κ2) is 9.08. The molecule has 0 heterocycles. The number of hydrogen-bond donors (Lipinski definition) is 1. The molecule has 1 unspecified atom stereocenters. The van der Waals surface area contributed by atoms with Crippen LogP contribution >= 0.6 is 11.6 Å². The number of hydrazone groups is 1. The molecule has 0 aliphatic carbocycles. The molecule has 2 rings (SSSR count). The normalized spacial score (nSPS) is 12.0. The lowest BCUT2D eigenvalue weighted by atomic mass is 10.2. The van der Waals surface area contributed by atoms with Crippen LogP contribution in [0.4, 0.5) is 0 Å². The molecule has 0 aromatic heterocycles. The van der Waals surface area contributed by atoms with Gasteiger partial charge in [0, 0.05) is 5.56 Å². The highest BCUT2D eigenvalue weighted by molar-refractivity contribution is 6.32. The molecule has 0 aliphatic rings. The van der Waals surface area contributed by atoms with E-state index in [9.17, 15) is 4.79 Å².